The van der Waals surface area contributed by atoms with Gasteiger partial charge in [0.05, 0.1) is 0 Å². The third-order valence-electron chi connectivity index (χ3n) is 3.45. The smallest absolute Gasteiger partial charge is 0.326 e. The molecule has 19 heavy (non-hydrogen) atoms. The summed E-state index contributed by atoms with van der Waals surface area (Å²) in [7, 11) is 0. The first kappa shape index (κ1) is 15.8. The number of carboxylic acid groups (broad SMARTS) is 1. The highest BCUT2D eigenvalue weighted by atomic mass is 16.4. The Morgan fingerprint density at radius 2 is 1.95 bits per heavy atom. The molecule has 0 aromatic heterocycles. The lowest BCUT2D eigenvalue weighted by molar-refractivity contribution is -0.139. The molecule has 110 valence electrons. The Balaban J connectivity index is 2.45. The van der Waals surface area contributed by atoms with Crippen molar-refractivity contribution in [3.63, 3.8) is 0 Å². The van der Waals surface area contributed by atoms with Gasteiger partial charge in [-0.25, -0.2) is 9.59 Å². The van der Waals surface area contributed by atoms with Gasteiger partial charge < -0.3 is 21.5 Å². The van der Waals surface area contributed by atoms with Crippen molar-refractivity contribution in [2.24, 2.45) is 11.7 Å². The number of amides is 2. The first-order chi connectivity index (χ1) is 8.90. The topological polar surface area (TPSA) is 104 Å². The zero-order valence-corrected chi connectivity index (χ0v) is 11.7. The van der Waals surface area contributed by atoms with Crippen molar-refractivity contribution in [2.75, 3.05) is 0 Å². The highest BCUT2D eigenvalue weighted by Gasteiger charge is 2.26. The predicted molar refractivity (Wildman–Crippen MR) is 72.8 cm³/mol. The molecule has 0 aromatic rings. The van der Waals surface area contributed by atoms with E-state index in [1.54, 1.807) is 0 Å². The lowest BCUT2D eigenvalue weighted by Crippen LogP contribution is -2.55. The molecule has 6 heteroatoms. The molecule has 1 saturated carbocycles. The van der Waals surface area contributed by atoms with E-state index in [1.807, 2.05) is 13.8 Å². The van der Waals surface area contributed by atoms with Crippen LogP contribution in [0.2, 0.25) is 0 Å². The molecular weight excluding hydrogens is 246 g/mol. The first-order valence-corrected chi connectivity index (χ1v) is 6.95. The molecule has 3 atom stereocenters. The molecule has 2 amide bonds. The standard InChI is InChI=1S/C13H25N3O3/c1-8(2)7-11(12(17)18)16-13(19)15-10-6-4-3-5-9(10)14/h8-11H,3-7,14H2,1-2H3,(H,17,18)(H2,15,16,19)/t9?,10?,11-/m1/s1. The summed E-state index contributed by atoms with van der Waals surface area (Å²) in [4.78, 5) is 22.9. The van der Waals surface area contributed by atoms with Gasteiger partial charge in [0, 0.05) is 12.1 Å². The van der Waals surface area contributed by atoms with Crippen LogP contribution in [0.25, 0.3) is 0 Å². The molecule has 0 bridgehead atoms. The average Bonchev–Trinajstić information content (AvgIpc) is 2.30. The summed E-state index contributed by atoms with van der Waals surface area (Å²) >= 11 is 0. The maximum atomic E-state index is 11.8. The number of aliphatic carboxylic acids is 1. The second kappa shape index (κ2) is 7.33. The number of carbonyl (C=O) groups is 2. The molecule has 0 spiro atoms. The maximum Gasteiger partial charge on any atom is 0.326 e. The molecule has 1 rings (SSSR count). The highest BCUT2D eigenvalue weighted by molar-refractivity contribution is 5.82. The van der Waals surface area contributed by atoms with E-state index in [1.165, 1.54) is 0 Å². The predicted octanol–water partition coefficient (Wildman–Crippen LogP) is 1.05. The van der Waals surface area contributed by atoms with Crippen molar-refractivity contribution >= 4 is 12.0 Å². The minimum absolute atomic E-state index is 0.0344. The summed E-state index contributed by atoms with van der Waals surface area (Å²) in [5, 5.41) is 14.4. The number of hydrogen-bond donors (Lipinski definition) is 4. The number of rotatable bonds is 5. The SMILES string of the molecule is CC(C)C[C@@H](NC(=O)NC1CCCCC1N)C(=O)O. The molecular formula is C13H25N3O3. The molecule has 1 aliphatic rings. The monoisotopic (exact) mass is 271 g/mol. The molecule has 0 saturated heterocycles. The molecule has 0 aliphatic heterocycles. The Morgan fingerprint density at radius 1 is 1.32 bits per heavy atom. The fraction of sp³-hybridized carbons (Fsp3) is 0.846. The molecule has 6 nitrogen and oxygen atoms in total. The zero-order valence-electron chi connectivity index (χ0n) is 11.7. The number of carboxylic acids is 1. The maximum absolute atomic E-state index is 11.8. The Labute approximate surface area is 114 Å². The fourth-order valence-corrected chi connectivity index (χ4v) is 2.40. The second-order valence-corrected chi connectivity index (χ2v) is 5.69. The summed E-state index contributed by atoms with van der Waals surface area (Å²) in [6.45, 7) is 3.85. The summed E-state index contributed by atoms with van der Waals surface area (Å²) in [5.41, 5.74) is 5.94. The van der Waals surface area contributed by atoms with Gasteiger partial charge in [0.15, 0.2) is 0 Å². The van der Waals surface area contributed by atoms with Crippen molar-refractivity contribution in [1.29, 1.82) is 0 Å². The third kappa shape index (κ3) is 5.46. The number of nitrogens with two attached hydrogens (primary N) is 1. The Bertz CT molecular complexity index is 320. The van der Waals surface area contributed by atoms with Crippen molar-refractivity contribution in [3.8, 4) is 0 Å². The van der Waals surface area contributed by atoms with Gasteiger partial charge in [-0.05, 0) is 25.2 Å². The van der Waals surface area contributed by atoms with Gasteiger partial charge in [-0.15, -0.1) is 0 Å². The number of carbonyl (C=O) groups excluding carboxylic acids is 1. The number of nitrogens with one attached hydrogen (secondary N) is 2. The Morgan fingerprint density at radius 3 is 2.47 bits per heavy atom. The van der Waals surface area contributed by atoms with Crippen molar-refractivity contribution < 1.29 is 14.7 Å². The van der Waals surface area contributed by atoms with Gasteiger partial charge in [0.2, 0.25) is 0 Å². The van der Waals surface area contributed by atoms with E-state index in [0.717, 1.165) is 25.7 Å². The van der Waals surface area contributed by atoms with Crippen LogP contribution in [0.1, 0.15) is 46.0 Å². The first-order valence-electron chi connectivity index (χ1n) is 6.95. The van der Waals surface area contributed by atoms with E-state index in [2.05, 4.69) is 10.6 Å². The second-order valence-electron chi connectivity index (χ2n) is 5.69. The largest absolute Gasteiger partial charge is 0.480 e. The van der Waals surface area contributed by atoms with Crippen LogP contribution in [0.15, 0.2) is 0 Å². The minimum atomic E-state index is -1.00. The van der Waals surface area contributed by atoms with Crippen LogP contribution in [0, 0.1) is 5.92 Å². The summed E-state index contributed by atoms with van der Waals surface area (Å²) in [6.07, 6.45) is 4.31. The summed E-state index contributed by atoms with van der Waals surface area (Å²) < 4.78 is 0. The van der Waals surface area contributed by atoms with E-state index in [-0.39, 0.29) is 18.0 Å². The van der Waals surface area contributed by atoms with Gasteiger partial charge in [0.25, 0.3) is 0 Å². The van der Waals surface area contributed by atoms with E-state index in [0.29, 0.717) is 6.42 Å². The van der Waals surface area contributed by atoms with Crippen LogP contribution in [-0.2, 0) is 4.79 Å². The van der Waals surface area contributed by atoms with Crippen LogP contribution in [0.5, 0.6) is 0 Å². The zero-order chi connectivity index (χ0) is 14.4. The minimum Gasteiger partial charge on any atom is -0.480 e. The number of hydrogen-bond acceptors (Lipinski definition) is 3. The molecule has 2 unspecified atom stereocenters. The third-order valence-corrected chi connectivity index (χ3v) is 3.45. The molecule has 1 fully saturated rings. The molecule has 0 aromatic carbocycles. The Kier molecular flexibility index (Phi) is 6.08. The Hall–Kier alpha value is -1.30. The number of urea groups is 1. The van der Waals surface area contributed by atoms with E-state index in [4.69, 9.17) is 10.8 Å². The van der Waals surface area contributed by atoms with Crippen molar-refractivity contribution in [2.45, 2.75) is 64.1 Å². The van der Waals surface area contributed by atoms with E-state index in [9.17, 15) is 9.59 Å². The summed E-state index contributed by atoms with van der Waals surface area (Å²) in [5.74, 6) is -0.796. The van der Waals surface area contributed by atoms with Crippen LogP contribution in [0.3, 0.4) is 0 Å². The molecule has 1 aliphatic carbocycles. The van der Waals surface area contributed by atoms with E-state index >= 15 is 0 Å². The van der Waals surface area contributed by atoms with Gasteiger partial charge in [0.1, 0.15) is 6.04 Å². The van der Waals surface area contributed by atoms with Gasteiger partial charge in [-0.3, -0.25) is 0 Å². The fourth-order valence-electron chi connectivity index (χ4n) is 2.40. The van der Waals surface area contributed by atoms with Crippen molar-refractivity contribution in [3.05, 3.63) is 0 Å². The lowest BCUT2D eigenvalue weighted by atomic mass is 9.91. The van der Waals surface area contributed by atoms with Gasteiger partial charge >= 0.3 is 12.0 Å². The van der Waals surface area contributed by atoms with Crippen LogP contribution in [-0.4, -0.2) is 35.2 Å². The van der Waals surface area contributed by atoms with Crippen molar-refractivity contribution in [1.82, 2.24) is 10.6 Å². The average molecular weight is 271 g/mol. The van der Waals surface area contributed by atoms with Gasteiger partial charge in [-0.2, -0.15) is 0 Å². The van der Waals surface area contributed by atoms with Crippen LogP contribution < -0.4 is 16.4 Å². The normalized spacial score (nSPS) is 24.8. The van der Waals surface area contributed by atoms with E-state index < -0.39 is 18.0 Å². The van der Waals surface area contributed by atoms with Crippen LogP contribution in [0.4, 0.5) is 4.79 Å². The van der Waals surface area contributed by atoms with Crippen LogP contribution >= 0.6 is 0 Å². The molecule has 0 radical (unpaired) electrons. The quantitative estimate of drug-likeness (QED) is 0.600. The molecule has 0 heterocycles. The summed E-state index contributed by atoms with van der Waals surface area (Å²) in [6, 6.07) is -1.37. The van der Waals surface area contributed by atoms with Gasteiger partial charge in [-0.1, -0.05) is 26.7 Å². The highest BCUT2D eigenvalue weighted by Crippen LogP contribution is 2.16. The lowest BCUT2D eigenvalue weighted by Gasteiger charge is -2.29. The molecule has 5 N–H and O–H groups in total.